The Labute approximate surface area is 404 Å². The largest absolute Gasteiger partial charge is 0.455 e. The second-order valence-electron chi connectivity index (χ2n) is 20.4. The Morgan fingerprint density at radius 1 is 1.03 bits per heavy atom. The number of carbonyl (C=O) groups is 3. The van der Waals surface area contributed by atoms with Gasteiger partial charge in [-0.25, -0.2) is 9.78 Å². The minimum Gasteiger partial charge on any atom is -0.455 e. The number of aromatic nitrogens is 1. The summed E-state index contributed by atoms with van der Waals surface area (Å²) in [7, 11) is 1.43. The second kappa shape index (κ2) is 26.2. The Bertz CT molecular complexity index is 1870. The molecule has 1 aliphatic rings. The first-order valence-corrected chi connectivity index (χ1v) is 24.8. The van der Waals surface area contributed by atoms with E-state index in [4.69, 9.17) is 23.9 Å². The maximum atomic E-state index is 14.7. The molecule has 382 valence electrons. The fourth-order valence-corrected chi connectivity index (χ4v) is 9.34. The van der Waals surface area contributed by atoms with Gasteiger partial charge in [-0.1, -0.05) is 76.6 Å². The number of nitrogens with zero attached hydrogens (tertiary/aromatic N) is 1. The predicted octanol–water partition coefficient (Wildman–Crippen LogP) is 7.11. The Morgan fingerprint density at radius 2 is 1.66 bits per heavy atom. The van der Waals surface area contributed by atoms with Gasteiger partial charge in [0, 0.05) is 36.7 Å². The molecule has 2 heterocycles. The van der Waals surface area contributed by atoms with Gasteiger partial charge in [-0.2, -0.15) is 0 Å². The lowest BCUT2D eigenvalue weighted by Crippen LogP contribution is -2.51. The van der Waals surface area contributed by atoms with Crippen LogP contribution >= 0.6 is 11.3 Å². The van der Waals surface area contributed by atoms with Crippen molar-refractivity contribution in [3.63, 3.8) is 0 Å². The van der Waals surface area contributed by atoms with Crippen LogP contribution in [0.25, 0.3) is 0 Å². The third kappa shape index (κ3) is 17.1. The summed E-state index contributed by atoms with van der Waals surface area (Å²) in [5, 5.41) is 69.6. The van der Waals surface area contributed by atoms with Gasteiger partial charge in [0.1, 0.15) is 40.3 Å². The maximum Gasteiger partial charge on any atom is 0.350 e. The Hall–Kier alpha value is -3.12. The van der Waals surface area contributed by atoms with Gasteiger partial charge < -0.3 is 49.6 Å². The number of hydrogen-bond donors (Lipinski definition) is 6. The van der Waals surface area contributed by atoms with Crippen LogP contribution in [0, 0.1) is 35.5 Å². The second-order valence-corrected chi connectivity index (χ2v) is 21.2. The zero-order valence-corrected chi connectivity index (χ0v) is 43.9. The number of esters is 2. The standard InChI is InChI=1S/C52H85NO13S/c1-29(2)65-52(15,39(12)55)48-53-40(28-67-48)25-31(4)27-50(13,62)46-35(8)22-18-21-34(7)45(63-16)44(59)43(58)33(6)20-17-19-32(5)42(57)37(10)41(56)26-30(3)23-24-51(14,49(61)64-46)66-47(60)36(9)38(11)54/h17-19,21-22,27-30,32-33,35-39,41,43-46,54-56,58-59,62H,20,23-26H2,1-16H3/b19-17-,22-18+,31-27-,34-21+. The normalized spacial score (nSPS) is 34.6. The lowest BCUT2D eigenvalue weighted by Gasteiger charge is -2.37. The molecule has 0 fully saturated rings. The minimum absolute atomic E-state index is 0.0435. The molecular formula is C52H85NO13S. The molecular weight excluding hydrogens is 879 g/mol. The first kappa shape index (κ1) is 60.0. The summed E-state index contributed by atoms with van der Waals surface area (Å²) in [6.45, 7) is 25.5. The molecule has 0 saturated carbocycles. The summed E-state index contributed by atoms with van der Waals surface area (Å²) in [5.74, 6) is -5.55. The molecule has 1 aromatic rings. The van der Waals surface area contributed by atoms with Crippen molar-refractivity contribution in [3.8, 4) is 0 Å². The van der Waals surface area contributed by atoms with E-state index in [1.807, 2.05) is 33.1 Å². The smallest absolute Gasteiger partial charge is 0.350 e. The van der Waals surface area contributed by atoms with E-state index in [1.165, 1.54) is 46.1 Å². The highest BCUT2D eigenvalue weighted by atomic mass is 32.1. The number of aliphatic hydroxyl groups excluding tert-OH is 5. The monoisotopic (exact) mass is 964 g/mol. The molecule has 0 radical (unpaired) electrons. The molecule has 6 N–H and O–H groups in total. The highest BCUT2D eigenvalue weighted by Crippen LogP contribution is 2.35. The van der Waals surface area contributed by atoms with Crippen LogP contribution in [-0.4, -0.2) is 120 Å². The number of methoxy groups -OCH3 is 1. The van der Waals surface area contributed by atoms with E-state index in [0.717, 1.165) is 0 Å². The quantitative estimate of drug-likeness (QED) is 0.0908. The molecule has 0 bridgehead atoms. The number of Topliss-reactive ketones (excluding diaryl/α,β-unsaturated/α-hetero) is 1. The van der Waals surface area contributed by atoms with Crippen LogP contribution in [0.4, 0.5) is 0 Å². The molecule has 0 aliphatic carbocycles. The Balaban J connectivity index is 2.76. The molecule has 15 heteroatoms. The fraction of sp³-hybridized carbons (Fsp3) is 0.731. The van der Waals surface area contributed by atoms with Crippen molar-refractivity contribution in [2.45, 2.75) is 202 Å². The summed E-state index contributed by atoms with van der Waals surface area (Å²) in [6.07, 6.45) is 3.55. The van der Waals surface area contributed by atoms with Gasteiger partial charge in [-0.05, 0) is 112 Å². The van der Waals surface area contributed by atoms with Crippen LogP contribution < -0.4 is 0 Å². The van der Waals surface area contributed by atoms with Gasteiger partial charge in [-0.3, -0.25) is 9.59 Å². The van der Waals surface area contributed by atoms with E-state index >= 15 is 0 Å². The number of rotatable bonds is 12. The van der Waals surface area contributed by atoms with Crippen molar-refractivity contribution < 1.29 is 64.0 Å². The van der Waals surface area contributed by atoms with Gasteiger partial charge in [0.2, 0.25) is 5.60 Å². The van der Waals surface area contributed by atoms with E-state index < -0.39 is 101 Å². The summed E-state index contributed by atoms with van der Waals surface area (Å²) in [6, 6.07) is 0. The van der Waals surface area contributed by atoms with Crippen LogP contribution in [0.3, 0.4) is 0 Å². The first-order chi connectivity index (χ1) is 30.9. The average molecular weight is 964 g/mol. The van der Waals surface area contributed by atoms with E-state index in [2.05, 4.69) is 0 Å². The van der Waals surface area contributed by atoms with Crippen molar-refractivity contribution >= 4 is 29.1 Å². The number of ether oxygens (including phenoxy) is 4. The molecule has 0 spiro atoms. The van der Waals surface area contributed by atoms with Crippen molar-refractivity contribution in [2.24, 2.45) is 35.5 Å². The van der Waals surface area contributed by atoms with E-state index in [0.29, 0.717) is 34.7 Å². The topological polar surface area (TPSA) is 222 Å². The molecule has 16 atom stereocenters. The molecule has 67 heavy (non-hydrogen) atoms. The van der Waals surface area contributed by atoms with Crippen molar-refractivity contribution in [2.75, 3.05) is 7.11 Å². The van der Waals surface area contributed by atoms with Crippen LogP contribution in [0.1, 0.15) is 140 Å². The number of allylic oxidation sites excluding steroid dienone is 5. The van der Waals surface area contributed by atoms with Gasteiger partial charge in [0.05, 0.1) is 42.1 Å². The number of hydrogen-bond acceptors (Lipinski definition) is 15. The van der Waals surface area contributed by atoms with Crippen LogP contribution in [-0.2, 0) is 45.4 Å². The number of aliphatic hydroxyl groups is 6. The SMILES string of the molecule is COC1/C(C)=C/C=C/C(C)C(C(C)(O)/C=C(/C)Cc2csc(C(C)(OC(C)C)C(C)O)n2)OC(=O)C(C)(OC(=O)C(C)C(C)O)CCC(C)CC(O)C(C)C(=O)C(C)/C=C\CC(C)C(O)C1O. The minimum atomic E-state index is -1.91. The molecule has 0 aromatic carbocycles. The molecule has 16 unspecified atom stereocenters. The number of ketones is 1. The highest BCUT2D eigenvalue weighted by molar-refractivity contribution is 7.09. The Morgan fingerprint density at radius 3 is 2.22 bits per heavy atom. The summed E-state index contributed by atoms with van der Waals surface area (Å²) in [4.78, 5) is 46.4. The lowest BCUT2D eigenvalue weighted by molar-refractivity contribution is -0.197. The Kier molecular flexibility index (Phi) is 23.5. The van der Waals surface area contributed by atoms with E-state index in [-0.39, 0.29) is 37.1 Å². The molecule has 1 aliphatic heterocycles. The summed E-state index contributed by atoms with van der Waals surface area (Å²) >= 11 is 1.36. The zero-order valence-electron chi connectivity index (χ0n) is 43.1. The van der Waals surface area contributed by atoms with Crippen LogP contribution in [0.15, 0.2) is 53.0 Å². The van der Waals surface area contributed by atoms with E-state index in [1.54, 1.807) is 84.9 Å². The number of carbonyl (C=O) groups excluding carboxylic acids is 3. The summed E-state index contributed by atoms with van der Waals surface area (Å²) < 4.78 is 24.0. The lowest BCUT2D eigenvalue weighted by atomic mass is 9.84. The van der Waals surface area contributed by atoms with Gasteiger partial charge in [0.25, 0.3) is 0 Å². The van der Waals surface area contributed by atoms with Crippen molar-refractivity contribution in [3.05, 3.63) is 63.7 Å². The van der Waals surface area contributed by atoms with Gasteiger partial charge >= 0.3 is 11.9 Å². The average Bonchev–Trinajstić information content (AvgIpc) is 3.71. The molecule has 14 nitrogen and oxygen atoms in total. The van der Waals surface area contributed by atoms with E-state index in [9.17, 15) is 45.0 Å². The third-order valence-corrected chi connectivity index (χ3v) is 14.4. The van der Waals surface area contributed by atoms with Gasteiger partial charge in [-0.15, -0.1) is 11.3 Å². The molecule has 0 saturated heterocycles. The predicted molar refractivity (Wildman–Crippen MR) is 261 cm³/mol. The number of cyclic esters (lactones) is 1. The maximum absolute atomic E-state index is 14.7. The van der Waals surface area contributed by atoms with Gasteiger partial charge in [0.15, 0.2) is 0 Å². The summed E-state index contributed by atoms with van der Waals surface area (Å²) in [5.41, 5.74) is -2.86. The zero-order chi connectivity index (χ0) is 51.4. The van der Waals surface area contributed by atoms with Crippen LogP contribution in [0.5, 0.6) is 0 Å². The van der Waals surface area contributed by atoms with Crippen molar-refractivity contribution in [1.29, 1.82) is 0 Å². The van der Waals surface area contributed by atoms with Crippen LogP contribution in [0.2, 0.25) is 0 Å². The molecule has 0 amide bonds. The first-order valence-electron chi connectivity index (χ1n) is 23.9. The molecule has 1 aromatic heterocycles. The third-order valence-electron chi connectivity index (χ3n) is 13.3. The molecule has 2 rings (SSSR count). The highest BCUT2D eigenvalue weighted by Gasteiger charge is 2.46. The van der Waals surface area contributed by atoms with Crippen molar-refractivity contribution in [1.82, 2.24) is 4.98 Å². The number of thiazole rings is 1. The fourth-order valence-electron chi connectivity index (χ4n) is 8.34.